The van der Waals surface area contributed by atoms with Crippen LogP contribution < -0.4 is 9.47 Å². The van der Waals surface area contributed by atoms with Gasteiger partial charge in [0.1, 0.15) is 0 Å². The lowest BCUT2D eigenvalue weighted by Gasteiger charge is -2.04. The minimum absolute atomic E-state index is 0.0700. The van der Waals surface area contributed by atoms with Gasteiger partial charge in [0.05, 0.1) is 13.2 Å². The van der Waals surface area contributed by atoms with Crippen LogP contribution in [0.2, 0.25) is 0 Å². The molecule has 0 aliphatic rings. The van der Waals surface area contributed by atoms with Crippen molar-refractivity contribution >= 4 is 5.95 Å². The van der Waals surface area contributed by atoms with Crippen LogP contribution in [0.15, 0.2) is 5.11 Å². The van der Waals surface area contributed by atoms with Crippen molar-refractivity contribution in [3.8, 4) is 12.0 Å². The maximum Gasteiger partial charge on any atom is 0.323 e. The van der Waals surface area contributed by atoms with Gasteiger partial charge >= 0.3 is 12.0 Å². The summed E-state index contributed by atoms with van der Waals surface area (Å²) in [6, 6.07) is 0.164. The van der Waals surface area contributed by atoms with E-state index in [2.05, 4.69) is 25.0 Å². The molecule has 0 amide bonds. The van der Waals surface area contributed by atoms with E-state index in [0.29, 0.717) is 13.2 Å². The minimum Gasteiger partial charge on any atom is -0.464 e. The van der Waals surface area contributed by atoms with E-state index in [1.54, 1.807) is 13.8 Å². The standard InChI is InChI=1S/C7H10N6O2/c1-3-14-6-9-5(12-13-8)10-7(11-6)15-4-2/h3-4H2,1-2H3. The summed E-state index contributed by atoms with van der Waals surface area (Å²) in [6.07, 6.45) is 0. The summed E-state index contributed by atoms with van der Waals surface area (Å²) < 4.78 is 10.1. The molecule has 0 aliphatic heterocycles. The molecule has 15 heavy (non-hydrogen) atoms. The van der Waals surface area contributed by atoms with Crippen LogP contribution in [-0.2, 0) is 0 Å². The fourth-order valence-corrected chi connectivity index (χ4v) is 0.800. The van der Waals surface area contributed by atoms with Crippen molar-refractivity contribution < 1.29 is 9.47 Å². The van der Waals surface area contributed by atoms with Crippen LogP contribution in [-0.4, -0.2) is 28.2 Å². The summed E-state index contributed by atoms with van der Waals surface area (Å²) >= 11 is 0. The molecule has 8 heteroatoms. The van der Waals surface area contributed by atoms with E-state index >= 15 is 0 Å². The summed E-state index contributed by atoms with van der Waals surface area (Å²) in [6.45, 7) is 4.39. The smallest absolute Gasteiger partial charge is 0.323 e. The molecule has 1 aromatic rings. The van der Waals surface area contributed by atoms with E-state index in [-0.39, 0.29) is 18.0 Å². The zero-order valence-electron chi connectivity index (χ0n) is 8.41. The molecule has 0 unspecified atom stereocenters. The molecule has 0 saturated heterocycles. The molecule has 0 fully saturated rings. The Morgan fingerprint density at radius 1 is 1.13 bits per heavy atom. The van der Waals surface area contributed by atoms with Crippen molar-refractivity contribution in [2.24, 2.45) is 5.11 Å². The van der Waals surface area contributed by atoms with Gasteiger partial charge in [-0.25, -0.2) is 0 Å². The van der Waals surface area contributed by atoms with Gasteiger partial charge in [0.25, 0.3) is 0 Å². The van der Waals surface area contributed by atoms with Crippen LogP contribution in [0.5, 0.6) is 12.0 Å². The van der Waals surface area contributed by atoms with Gasteiger partial charge in [-0.2, -0.15) is 9.97 Å². The van der Waals surface area contributed by atoms with Crippen LogP contribution >= 0.6 is 0 Å². The maximum atomic E-state index is 8.24. The third kappa shape index (κ3) is 3.28. The summed E-state index contributed by atoms with van der Waals surface area (Å²) in [5, 5.41) is 3.25. The Bertz CT molecular complexity index is 351. The summed E-state index contributed by atoms with van der Waals surface area (Å²) in [7, 11) is 0. The predicted molar refractivity (Wildman–Crippen MR) is 51.0 cm³/mol. The van der Waals surface area contributed by atoms with Gasteiger partial charge in [-0.1, -0.05) is 0 Å². The first-order valence-electron chi connectivity index (χ1n) is 4.37. The van der Waals surface area contributed by atoms with E-state index in [1.807, 2.05) is 0 Å². The molecule has 1 heterocycles. The van der Waals surface area contributed by atoms with Crippen molar-refractivity contribution in [2.75, 3.05) is 13.2 Å². The molecule has 0 saturated carbocycles. The highest BCUT2D eigenvalue weighted by molar-refractivity contribution is 5.19. The first kappa shape index (κ1) is 11.0. The number of azide groups is 1. The van der Waals surface area contributed by atoms with Gasteiger partial charge in [-0.05, 0) is 24.5 Å². The van der Waals surface area contributed by atoms with E-state index in [0.717, 1.165) is 0 Å². The average Bonchev–Trinajstić information content (AvgIpc) is 2.19. The molecule has 80 valence electrons. The van der Waals surface area contributed by atoms with Crippen molar-refractivity contribution in [3.63, 3.8) is 0 Å². The Kier molecular flexibility index (Phi) is 4.11. The molecule has 0 bridgehead atoms. The fraction of sp³-hybridized carbons (Fsp3) is 0.571. The topological polar surface area (TPSA) is 106 Å². The van der Waals surface area contributed by atoms with Crippen molar-refractivity contribution in [3.05, 3.63) is 10.4 Å². The van der Waals surface area contributed by atoms with Crippen LogP contribution in [0.1, 0.15) is 13.8 Å². The number of hydrogen-bond donors (Lipinski definition) is 0. The lowest BCUT2D eigenvalue weighted by Crippen LogP contribution is -2.03. The van der Waals surface area contributed by atoms with Gasteiger partial charge in [-0.3, -0.25) is 0 Å². The van der Waals surface area contributed by atoms with Crippen LogP contribution in [0.4, 0.5) is 5.95 Å². The van der Waals surface area contributed by atoms with Gasteiger partial charge < -0.3 is 9.47 Å². The Balaban J connectivity index is 3.01. The van der Waals surface area contributed by atoms with Crippen molar-refractivity contribution in [1.29, 1.82) is 0 Å². The number of nitrogens with zero attached hydrogens (tertiary/aromatic N) is 6. The second kappa shape index (κ2) is 5.61. The van der Waals surface area contributed by atoms with Crippen LogP contribution in [0.25, 0.3) is 10.4 Å². The number of ether oxygens (including phenoxy) is 2. The zero-order valence-corrected chi connectivity index (χ0v) is 8.41. The zero-order chi connectivity index (χ0) is 11.1. The Labute approximate surface area is 85.9 Å². The number of aromatic nitrogens is 3. The normalized spacial score (nSPS) is 9.20. The van der Waals surface area contributed by atoms with E-state index in [4.69, 9.17) is 15.0 Å². The van der Waals surface area contributed by atoms with Gasteiger partial charge in [0, 0.05) is 4.91 Å². The highest BCUT2D eigenvalue weighted by Gasteiger charge is 2.06. The molecule has 0 N–H and O–H groups in total. The molecule has 0 aliphatic carbocycles. The van der Waals surface area contributed by atoms with Gasteiger partial charge in [0.15, 0.2) is 0 Å². The molecular weight excluding hydrogens is 200 g/mol. The molecular formula is C7H10N6O2. The molecule has 1 aromatic heterocycles. The first-order valence-corrected chi connectivity index (χ1v) is 4.37. The number of rotatable bonds is 5. The molecule has 8 nitrogen and oxygen atoms in total. The minimum atomic E-state index is -0.0700. The molecule has 0 spiro atoms. The maximum absolute atomic E-state index is 8.24. The average molecular weight is 210 g/mol. The SMILES string of the molecule is CCOc1nc(N=[N+]=[N-])nc(OCC)n1. The lowest BCUT2D eigenvalue weighted by atomic mass is 10.8. The second-order valence-corrected chi connectivity index (χ2v) is 2.26. The van der Waals surface area contributed by atoms with Gasteiger partial charge in [0.2, 0.25) is 5.95 Å². The summed E-state index contributed by atoms with van der Waals surface area (Å²) in [4.78, 5) is 13.9. The van der Waals surface area contributed by atoms with Crippen molar-refractivity contribution in [2.45, 2.75) is 13.8 Å². The Morgan fingerprint density at radius 2 is 1.67 bits per heavy atom. The fourth-order valence-electron chi connectivity index (χ4n) is 0.800. The molecule has 0 atom stereocenters. The predicted octanol–water partition coefficient (Wildman–Crippen LogP) is 1.61. The van der Waals surface area contributed by atoms with Crippen LogP contribution in [0, 0.1) is 0 Å². The monoisotopic (exact) mass is 210 g/mol. The van der Waals surface area contributed by atoms with Gasteiger partial charge in [-0.15, -0.1) is 4.98 Å². The van der Waals surface area contributed by atoms with E-state index in [9.17, 15) is 0 Å². The first-order chi connectivity index (χ1) is 7.30. The molecule has 0 radical (unpaired) electrons. The largest absolute Gasteiger partial charge is 0.464 e. The molecule has 0 aromatic carbocycles. The van der Waals surface area contributed by atoms with E-state index < -0.39 is 0 Å². The summed E-state index contributed by atoms with van der Waals surface area (Å²) in [5.41, 5.74) is 8.24. The third-order valence-corrected chi connectivity index (χ3v) is 1.26. The highest BCUT2D eigenvalue weighted by Crippen LogP contribution is 2.14. The Morgan fingerprint density at radius 3 is 2.07 bits per heavy atom. The lowest BCUT2D eigenvalue weighted by molar-refractivity contribution is 0.280. The Hall–Kier alpha value is -2.08. The van der Waals surface area contributed by atoms with Crippen LogP contribution in [0.3, 0.4) is 0 Å². The second-order valence-electron chi connectivity index (χ2n) is 2.26. The van der Waals surface area contributed by atoms with E-state index in [1.165, 1.54) is 0 Å². The van der Waals surface area contributed by atoms with Crippen molar-refractivity contribution in [1.82, 2.24) is 15.0 Å². The molecule has 1 rings (SSSR count). The highest BCUT2D eigenvalue weighted by atomic mass is 16.5. The summed E-state index contributed by atoms with van der Waals surface area (Å²) in [5.74, 6) is -0.0700. The quantitative estimate of drug-likeness (QED) is 0.417. The number of hydrogen-bond acceptors (Lipinski definition) is 6. The third-order valence-electron chi connectivity index (χ3n) is 1.26.